The van der Waals surface area contributed by atoms with Crippen molar-refractivity contribution in [3.8, 4) is 0 Å². The number of hydrazine groups is 1. The zero-order valence-corrected chi connectivity index (χ0v) is 25.7. The minimum absolute atomic E-state index is 0.0373. The largest absolute Gasteiger partial charge is 0.334 e. The van der Waals surface area contributed by atoms with Crippen molar-refractivity contribution >= 4 is 23.7 Å². The van der Waals surface area contributed by atoms with Crippen molar-refractivity contribution in [2.45, 2.75) is 50.8 Å². The molecule has 5 rings (SSSR count). The van der Waals surface area contributed by atoms with Crippen LogP contribution in [0.4, 0.5) is 9.18 Å². The Bertz CT molecular complexity index is 1380. The number of nitrogens with one attached hydrogen (secondary N) is 2. The molecule has 228 valence electrons. The number of carbonyl (C=O) groups is 2. The number of nitrogens with two attached hydrogens (primary N) is 1. The van der Waals surface area contributed by atoms with Crippen LogP contribution in [0.25, 0.3) is 0 Å². The molecule has 0 aliphatic carbocycles. The molecule has 3 atom stereocenters. The molecule has 0 saturated carbocycles. The monoisotopic (exact) mass is 604 g/mol. The Labute approximate surface area is 257 Å². The first-order valence-electron chi connectivity index (χ1n) is 14.9. The maximum absolute atomic E-state index is 14.4. The molecular formula is C33H41FN6O2S. The predicted octanol–water partition coefficient (Wildman–Crippen LogP) is 4.52. The van der Waals surface area contributed by atoms with Crippen LogP contribution >= 0.6 is 11.8 Å². The highest BCUT2D eigenvalue weighted by atomic mass is 32.2. The Hall–Kier alpha value is -3.44. The van der Waals surface area contributed by atoms with Gasteiger partial charge in [0.2, 0.25) is 0 Å². The van der Waals surface area contributed by atoms with Crippen LogP contribution in [-0.4, -0.2) is 70.7 Å². The van der Waals surface area contributed by atoms with E-state index in [4.69, 9.17) is 5.84 Å². The minimum atomic E-state index is -0.569. The van der Waals surface area contributed by atoms with Gasteiger partial charge in [-0.15, -0.1) is 0 Å². The highest BCUT2D eigenvalue weighted by molar-refractivity contribution is 7.99. The lowest BCUT2D eigenvalue weighted by Crippen LogP contribution is -2.55. The van der Waals surface area contributed by atoms with E-state index in [1.54, 1.807) is 4.90 Å². The molecule has 3 aromatic rings. The highest BCUT2D eigenvalue weighted by Crippen LogP contribution is 2.33. The van der Waals surface area contributed by atoms with Crippen molar-refractivity contribution in [1.29, 1.82) is 0 Å². The lowest BCUT2D eigenvalue weighted by atomic mass is 10.0. The summed E-state index contributed by atoms with van der Waals surface area (Å²) in [4.78, 5) is 31.5. The van der Waals surface area contributed by atoms with Gasteiger partial charge in [-0.2, -0.15) is 11.8 Å². The van der Waals surface area contributed by atoms with Crippen LogP contribution in [0.1, 0.15) is 51.7 Å². The lowest BCUT2D eigenvalue weighted by molar-refractivity contribution is 0.0290. The van der Waals surface area contributed by atoms with Crippen LogP contribution in [0.5, 0.6) is 0 Å². The summed E-state index contributed by atoms with van der Waals surface area (Å²) in [6.45, 7) is 9.92. The van der Waals surface area contributed by atoms with E-state index in [-0.39, 0.29) is 23.4 Å². The summed E-state index contributed by atoms with van der Waals surface area (Å²) in [5.41, 5.74) is 6.29. The number of halogens is 1. The van der Waals surface area contributed by atoms with E-state index in [9.17, 15) is 14.0 Å². The normalized spacial score (nSPS) is 21.4. The van der Waals surface area contributed by atoms with Gasteiger partial charge >= 0.3 is 6.03 Å². The molecule has 2 saturated heterocycles. The van der Waals surface area contributed by atoms with Gasteiger partial charge in [-0.1, -0.05) is 60.7 Å². The van der Waals surface area contributed by atoms with Crippen LogP contribution in [0.2, 0.25) is 0 Å². The molecule has 0 radical (unpaired) electrons. The van der Waals surface area contributed by atoms with Gasteiger partial charge in [0, 0.05) is 80.0 Å². The molecule has 2 fully saturated rings. The number of nitrogen functional groups attached to an aromatic ring is 1. The summed E-state index contributed by atoms with van der Waals surface area (Å²) in [5.74, 6) is 4.82. The first-order chi connectivity index (χ1) is 20.8. The van der Waals surface area contributed by atoms with E-state index in [0.29, 0.717) is 30.7 Å². The average Bonchev–Trinajstić information content (AvgIpc) is 3.02. The molecule has 3 aromatic carbocycles. The third-order valence-electron chi connectivity index (χ3n) is 8.37. The molecule has 2 aliphatic heterocycles. The fraction of sp³-hybridized carbons (Fsp3) is 0.394. The van der Waals surface area contributed by atoms with Gasteiger partial charge in [0.1, 0.15) is 5.82 Å². The molecule has 0 spiro atoms. The quantitative estimate of drug-likeness (QED) is 0.199. The van der Waals surface area contributed by atoms with Crippen molar-refractivity contribution in [1.82, 2.24) is 25.4 Å². The zero-order valence-electron chi connectivity index (χ0n) is 24.8. The SMILES string of the molecule is C[C@@H]1CN(Cc2ccccc2)C[C@H](C)N1Cc1ccc(C2CN(C(=O)NCc3ccc(C(=O)NN)cc3F)CCS2)cc1. The number of rotatable bonds is 8. The fourth-order valence-electron chi connectivity index (χ4n) is 6.03. The maximum atomic E-state index is 14.4. The molecule has 1 unspecified atom stereocenters. The second-order valence-electron chi connectivity index (χ2n) is 11.5. The molecule has 10 heteroatoms. The predicted molar refractivity (Wildman–Crippen MR) is 170 cm³/mol. The molecule has 3 amide bonds. The molecule has 2 heterocycles. The molecule has 8 nitrogen and oxygen atoms in total. The zero-order chi connectivity index (χ0) is 30.3. The highest BCUT2D eigenvalue weighted by Gasteiger charge is 2.30. The number of amides is 3. The Kier molecular flexibility index (Phi) is 10.3. The van der Waals surface area contributed by atoms with Crippen LogP contribution in [0.15, 0.2) is 72.8 Å². The topological polar surface area (TPSA) is 93.9 Å². The van der Waals surface area contributed by atoms with Gasteiger partial charge in [-0.3, -0.25) is 20.0 Å². The first-order valence-corrected chi connectivity index (χ1v) is 15.9. The fourth-order valence-corrected chi connectivity index (χ4v) is 7.28. The van der Waals surface area contributed by atoms with Gasteiger partial charge < -0.3 is 10.2 Å². The van der Waals surface area contributed by atoms with Crippen molar-refractivity contribution in [2.75, 3.05) is 31.9 Å². The second kappa shape index (κ2) is 14.4. The number of urea groups is 1. The van der Waals surface area contributed by atoms with Gasteiger partial charge in [0.25, 0.3) is 5.91 Å². The smallest absolute Gasteiger partial charge is 0.317 e. The number of hydrogen-bond donors (Lipinski definition) is 3. The molecule has 2 aliphatic rings. The Morgan fingerprint density at radius 2 is 1.63 bits per heavy atom. The van der Waals surface area contributed by atoms with E-state index in [1.807, 2.05) is 17.2 Å². The Morgan fingerprint density at radius 1 is 0.930 bits per heavy atom. The van der Waals surface area contributed by atoms with E-state index < -0.39 is 11.7 Å². The molecule has 0 bridgehead atoms. The number of hydrogen-bond acceptors (Lipinski definition) is 6. The number of piperazine rings is 1. The molecule has 43 heavy (non-hydrogen) atoms. The summed E-state index contributed by atoms with van der Waals surface area (Å²) >= 11 is 1.86. The summed E-state index contributed by atoms with van der Waals surface area (Å²) in [7, 11) is 0. The van der Waals surface area contributed by atoms with Gasteiger partial charge in [0.15, 0.2) is 0 Å². The van der Waals surface area contributed by atoms with Crippen molar-refractivity contribution in [3.63, 3.8) is 0 Å². The van der Waals surface area contributed by atoms with E-state index >= 15 is 0 Å². The summed E-state index contributed by atoms with van der Waals surface area (Å²) in [6, 6.07) is 24.3. The van der Waals surface area contributed by atoms with Gasteiger partial charge in [-0.05, 0) is 42.7 Å². The number of carbonyl (C=O) groups excluding carboxylic acids is 2. The number of benzene rings is 3. The third kappa shape index (κ3) is 7.94. The summed E-state index contributed by atoms with van der Waals surface area (Å²) in [6.07, 6.45) is 0. The standard InChI is InChI=1S/C33H41FN6O2S/c1-23-18-38(20-25-6-4-3-5-7-25)19-24(2)40(23)21-26-8-10-27(11-9-26)31-22-39(14-15-43-31)33(42)36-17-29-13-12-28(16-30(29)34)32(41)37-35/h3-13,16,23-24,31H,14-15,17-22,35H2,1-2H3,(H,36,42)(H,37,41)/t23-,24+,31?. The van der Waals surface area contributed by atoms with E-state index in [2.05, 4.69) is 83.6 Å². The van der Waals surface area contributed by atoms with Crippen molar-refractivity contribution in [2.24, 2.45) is 5.84 Å². The molecule has 4 N–H and O–H groups in total. The van der Waals surface area contributed by atoms with E-state index in [1.165, 1.54) is 28.8 Å². The molecule has 0 aromatic heterocycles. The lowest BCUT2D eigenvalue weighted by Gasteiger charge is -2.44. The van der Waals surface area contributed by atoms with Crippen molar-refractivity contribution in [3.05, 3.63) is 106 Å². The number of thioether (sulfide) groups is 1. The minimum Gasteiger partial charge on any atom is -0.334 e. The number of nitrogens with zero attached hydrogens (tertiary/aromatic N) is 3. The van der Waals surface area contributed by atoms with Crippen molar-refractivity contribution < 1.29 is 14.0 Å². The summed E-state index contributed by atoms with van der Waals surface area (Å²) < 4.78 is 14.4. The second-order valence-corrected chi connectivity index (χ2v) is 12.8. The Morgan fingerprint density at radius 3 is 2.30 bits per heavy atom. The molecular weight excluding hydrogens is 563 g/mol. The third-order valence-corrected chi connectivity index (χ3v) is 9.61. The van der Waals surface area contributed by atoms with Crippen LogP contribution in [0, 0.1) is 5.82 Å². The van der Waals surface area contributed by atoms with Crippen LogP contribution in [0.3, 0.4) is 0 Å². The van der Waals surface area contributed by atoms with Crippen LogP contribution < -0.4 is 16.6 Å². The van der Waals surface area contributed by atoms with Gasteiger partial charge in [-0.25, -0.2) is 15.0 Å². The summed E-state index contributed by atoms with van der Waals surface area (Å²) in [5, 5.41) is 3.01. The first kappa shape index (κ1) is 31.0. The maximum Gasteiger partial charge on any atom is 0.317 e. The van der Waals surface area contributed by atoms with Crippen LogP contribution in [-0.2, 0) is 19.6 Å². The Balaban J connectivity index is 1.12. The van der Waals surface area contributed by atoms with Gasteiger partial charge in [0.05, 0.1) is 0 Å². The average molecular weight is 605 g/mol. The van der Waals surface area contributed by atoms with E-state index in [0.717, 1.165) is 38.0 Å².